The molecule has 1 aromatic carbocycles. The van der Waals surface area contributed by atoms with E-state index in [4.69, 9.17) is 0 Å². The van der Waals surface area contributed by atoms with Crippen molar-refractivity contribution in [3.63, 3.8) is 0 Å². The molecule has 3 nitrogen and oxygen atoms in total. The highest BCUT2D eigenvalue weighted by atomic mass is 35.5. The number of carbonyl (C=O) groups excluding carboxylic acids is 1. The summed E-state index contributed by atoms with van der Waals surface area (Å²) >= 11 is 1.75. The first-order valence-electron chi connectivity index (χ1n) is 7.05. The summed E-state index contributed by atoms with van der Waals surface area (Å²) in [7, 11) is 0. The highest BCUT2D eigenvalue weighted by Gasteiger charge is 2.26. The predicted octanol–water partition coefficient (Wildman–Crippen LogP) is 2.69. The standard InChI is InChI=1S/C15H21FN2OS.ClH/c1-2-7-18(15(19)14-10-20-11-17-14)8-6-12-4-3-5-13(16)9-12;/h3-5,9,14,17H,2,6-8,10-11H2,1H3;1H. The van der Waals surface area contributed by atoms with Crippen LogP contribution >= 0.6 is 24.2 Å². The maximum Gasteiger partial charge on any atom is 0.240 e. The Labute approximate surface area is 136 Å². The van der Waals surface area contributed by atoms with Gasteiger partial charge in [0.05, 0.1) is 6.04 Å². The number of nitrogens with one attached hydrogen (secondary N) is 1. The van der Waals surface area contributed by atoms with Gasteiger partial charge in [0, 0.05) is 24.7 Å². The molecule has 1 aromatic rings. The largest absolute Gasteiger partial charge is 0.341 e. The van der Waals surface area contributed by atoms with Crippen molar-refractivity contribution in [3.05, 3.63) is 35.6 Å². The fourth-order valence-corrected chi connectivity index (χ4v) is 3.27. The Morgan fingerprint density at radius 3 is 2.90 bits per heavy atom. The van der Waals surface area contributed by atoms with Crippen LogP contribution in [0.1, 0.15) is 18.9 Å². The maximum atomic E-state index is 13.2. The van der Waals surface area contributed by atoms with Crippen LogP contribution in [0.3, 0.4) is 0 Å². The number of hydrogen-bond acceptors (Lipinski definition) is 3. The number of benzene rings is 1. The number of thioether (sulfide) groups is 1. The fraction of sp³-hybridized carbons (Fsp3) is 0.533. The maximum absolute atomic E-state index is 13.2. The molecule has 1 fully saturated rings. The number of halogens is 2. The van der Waals surface area contributed by atoms with Gasteiger partial charge in [0.1, 0.15) is 5.82 Å². The van der Waals surface area contributed by atoms with Crippen LogP contribution in [-0.4, -0.2) is 41.6 Å². The molecule has 21 heavy (non-hydrogen) atoms. The first-order valence-corrected chi connectivity index (χ1v) is 8.20. The van der Waals surface area contributed by atoms with Crippen molar-refractivity contribution < 1.29 is 9.18 Å². The van der Waals surface area contributed by atoms with Gasteiger partial charge in [-0.1, -0.05) is 19.1 Å². The normalized spacial score (nSPS) is 17.3. The molecule has 1 heterocycles. The molecule has 2 rings (SSSR count). The van der Waals surface area contributed by atoms with Gasteiger partial charge in [-0.15, -0.1) is 24.2 Å². The van der Waals surface area contributed by atoms with E-state index in [1.165, 1.54) is 12.1 Å². The van der Waals surface area contributed by atoms with Crippen LogP contribution in [0.2, 0.25) is 0 Å². The van der Waals surface area contributed by atoms with Crippen LogP contribution in [0.15, 0.2) is 24.3 Å². The zero-order valence-corrected chi connectivity index (χ0v) is 13.8. The Kier molecular flexibility index (Phi) is 8.07. The van der Waals surface area contributed by atoms with Gasteiger partial charge in [0.2, 0.25) is 5.91 Å². The lowest BCUT2D eigenvalue weighted by Crippen LogP contribution is -2.46. The smallest absolute Gasteiger partial charge is 0.240 e. The van der Waals surface area contributed by atoms with Gasteiger partial charge in [-0.2, -0.15) is 0 Å². The van der Waals surface area contributed by atoms with Gasteiger partial charge in [0.15, 0.2) is 0 Å². The molecule has 0 saturated carbocycles. The van der Waals surface area contributed by atoms with Crippen molar-refractivity contribution in [2.45, 2.75) is 25.8 Å². The third-order valence-electron chi connectivity index (χ3n) is 3.38. The molecule has 1 aliphatic rings. The van der Waals surface area contributed by atoms with Gasteiger partial charge in [-0.3, -0.25) is 10.1 Å². The van der Waals surface area contributed by atoms with E-state index in [2.05, 4.69) is 12.2 Å². The predicted molar refractivity (Wildman–Crippen MR) is 88.5 cm³/mol. The van der Waals surface area contributed by atoms with Gasteiger partial charge in [-0.25, -0.2) is 4.39 Å². The van der Waals surface area contributed by atoms with E-state index in [1.54, 1.807) is 17.8 Å². The number of hydrogen-bond donors (Lipinski definition) is 1. The van der Waals surface area contributed by atoms with Gasteiger partial charge in [-0.05, 0) is 30.5 Å². The van der Waals surface area contributed by atoms with Crippen molar-refractivity contribution in [3.8, 4) is 0 Å². The summed E-state index contributed by atoms with van der Waals surface area (Å²) in [6, 6.07) is 6.54. The van der Waals surface area contributed by atoms with Gasteiger partial charge in [0.25, 0.3) is 0 Å². The van der Waals surface area contributed by atoms with E-state index >= 15 is 0 Å². The van der Waals surface area contributed by atoms with Crippen molar-refractivity contribution >= 4 is 30.1 Å². The minimum absolute atomic E-state index is 0. The van der Waals surface area contributed by atoms with Crippen molar-refractivity contribution in [1.82, 2.24) is 10.2 Å². The summed E-state index contributed by atoms with van der Waals surface area (Å²) in [5, 5.41) is 3.21. The third-order valence-corrected chi connectivity index (χ3v) is 4.32. The number of amides is 1. The van der Waals surface area contributed by atoms with Crippen molar-refractivity contribution in [2.75, 3.05) is 24.7 Å². The van der Waals surface area contributed by atoms with E-state index in [1.807, 2.05) is 11.0 Å². The Balaban J connectivity index is 0.00000220. The topological polar surface area (TPSA) is 32.3 Å². The van der Waals surface area contributed by atoms with Crippen molar-refractivity contribution in [1.29, 1.82) is 0 Å². The Bertz CT molecular complexity index is 455. The lowest BCUT2D eigenvalue weighted by molar-refractivity contribution is -0.132. The molecular formula is C15H22ClFN2OS. The second-order valence-corrected chi connectivity index (χ2v) is 6.01. The molecule has 1 amide bonds. The van der Waals surface area contributed by atoms with Crippen LogP contribution in [0.5, 0.6) is 0 Å². The van der Waals surface area contributed by atoms with E-state index in [0.717, 1.165) is 30.2 Å². The van der Waals surface area contributed by atoms with Gasteiger partial charge < -0.3 is 4.90 Å². The van der Waals surface area contributed by atoms with Crippen molar-refractivity contribution in [2.24, 2.45) is 0 Å². The highest BCUT2D eigenvalue weighted by Crippen LogP contribution is 2.13. The molecule has 0 aliphatic carbocycles. The molecule has 1 N–H and O–H groups in total. The molecule has 0 aromatic heterocycles. The number of carbonyl (C=O) groups is 1. The minimum Gasteiger partial charge on any atom is -0.341 e. The van der Waals surface area contributed by atoms with Crippen LogP contribution < -0.4 is 5.32 Å². The quantitative estimate of drug-likeness (QED) is 0.869. The average molecular weight is 333 g/mol. The second-order valence-electron chi connectivity index (χ2n) is 4.98. The van der Waals surface area contributed by atoms with Crippen LogP contribution in [-0.2, 0) is 11.2 Å². The summed E-state index contributed by atoms with van der Waals surface area (Å²) in [5.74, 6) is 1.65. The first kappa shape index (κ1) is 18.3. The molecule has 0 radical (unpaired) electrons. The fourth-order valence-electron chi connectivity index (χ4n) is 2.33. The Morgan fingerprint density at radius 1 is 1.48 bits per heavy atom. The molecular weight excluding hydrogens is 311 g/mol. The monoisotopic (exact) mass is 332 g/mol. The zero-order valence-electron chi connectivity index (χ0n) is 12.2. The highest BCUT2D eigenvalue weighted by molar-refractivity contribution is 7.99. The molecule has 1 saturated heterocycles. The summed E-state index contributed by atoms with van der Waals surface area (Å²) in [6.45, 7) is 3.48. The minimum atomic E-state index is -0.218. The van der Waals surface area contributed by atoms with Crippen LogP contribution in [0.25, 0.3) is 0 Å². The zero-order chi connectivity index (χ0) is 14.4. The van der Waals surface area contributed by atoms with Crippen LogP contribution in [0.4, 0.5) is 4.39 Å². The summed E-state index contributed by atoms with van der Waals surface area (Å²) in [5.41, 5.74) is 0.938. The SMILES string of the molecule is CCCN(CCc1cccc(F)c1)C(=O)C1CSCN1.Cl. The second kappa shape index (κ2) is 9.28. The van der Waals surface area contributed by atoms with E-state index in [0.29, 0.717) is 13.0 Å². The molecule has 1 atom stereocenters. The molecule has 1 aliphatic heterocycles. The van der Waals surface area contributed by atoms with E-state index < -0.39 is 0 Å². The van der Waals surface area contributed by atoms with E-state index in [-0.39, 0.29) is 30.2 Å². The number of nitrogens with zero attached hydrogens (tertiary/aromatic N) is 1. The number of rotatable bonds is 6. The Hall–Kier alpha value is -0.780. The molecule has 0 bridgehead atoms. The molecule has 1 unspecified atom stereocenters. The molecule has 6 heteroatoms. The van der Waals surface area contributed by atoms with Gasteiger partial charge >= 0.3 is 0 Å². The first-order chi connectivity index (χ1) is 9.70. The van der Waals surface area contributed by atoms with Crippen LogP contribution in [0, 0.1) is 5.82 Å². The Morgan fingerprint density at radius 2 is 2.29 bits per heavy atom. The molecule has 118 valence electrons. The lowest BCUT2D eigenvalue weighted by atomic mass is 10.1. The molecule has 0 spiro atoms. The summed E-state index contributed by atoms with van der Waals surface area (Å²) < 4.78 is 13.2. The average Bonchev–Trinajstić information content (AvgIpc) is 2.97. The summed E-state index contributed by atoms with van der Waals surface area (Å²) in [4.78, 5) is 14.3. The third kappa shape index (κ3) is 5.49. The lowest BCUT2D eigenvalue weighted by Gasteiger charge is -2.25. The van der Waals surface area contributed by atoms with E-state index in [9.17, 15) is 9.18 Å². The summed E-state index contributed by atoms with van der Waals surface area (Å²) in [6.07, 6.45) is 1.64.